The van der Waals surface area contributed by atoms with Gasteiger partial charge < -0.3 is 19.8 Å². The summed E-state index contributed by atoms with van der Waals surface area (Å²) in [6, 6.07) is -0.866. The molecule has 3 N–H and O–H groups in total. The normalized spacial score (nSPS) is 14.1. The Hall–Kier alpha value is -2.06. The average molecular weight is 1170 g/mol. The minimum Gasteiger partial charge on any atom is -0.387 e. The van der Waals surface area contributed by atoms with E-state index in [2.05, 4.69) is 79.9 Å². The zero-order chi connectivity index (χ0) is 59.8. The third-order valence-corrected chi connectivity index (χ3v) is 16.9. The molecule has 8 nitrogen and oxygen atoms in total. The fourth-order valence-corrected chi connectivity index (χ4v) is 11.2. The first-order valence-corrected chi connectivity index (χ1v) is 36.8. The molecule has 0 saturated carbocycles. The summed E-state index contributed by atoms with van der Waals surface area (Å²) in [7, 11) is 1.57. The minimum absolute atomic E-state index is 0.0563. The SMILES string of the molecule is CC/C=C\C/C=C\C/C=C\C/C=C\CCCCCCCCCCCCCCCCCCCCCCCCC(=O)NC(COP(=O)(O)OCC[N+](C)(C)C)C(O)/C=C/CC/C=C/CCCCCCCCCCCCCCCCCCCCC. The maximum absolute atomic E-state index is 13.1. The van der Waals surface area contributed by atoms with Crippen LogP contribution in [0.2, 0.25) is 0 Å². The highest BCUT2D eigenvalue weighted by Gasteiger charge is 2.28. The van der Waals surface area contributed by atoms with Gasteiger partial charge in [0.25, 0.3) is 0 Å². The summed E-state index contributed by atoms with van der Waals surface area (Å²) in [5, 5.41) is 14.0. The van der Waals surface area contributed by atoms with Crippen molar-refractivity contribution >= 4 is 13.7 Å². The summed E-state index contributed by atoms with van der Waals surface area (Å²) in [5.41, 5.74) is 0. The number of amides is 1. The van der Waals surface area contributed by atoms with E-state index in [0.29, 0.717) is 17.4 Å². The van der Waals surface area contributed by atoms with Gasteiger partial charge in [0.05, 0.1) is 39.9 Å². The number of hydrogen-bond acceptors (Lipinski definition) is 5. The zero-order valence-electron chi connectivity index (χ0n) is 55.0. The number of rotatable bonds is 65. The van der Waals surface area contributed by atoms with Crippen LogP contribution in [-0.2, 0) is 18.4 Å². The quantitative estimate of drug-likeness (QED) is 0.0243. The van der Waals surface area contributed by atoms with Crippen molar-refractivity contribution in [3.63, 3.8) is 0 Å². The van der Waals surface area contributed by atoms with Gasteiger partial charge in [-0.15, -0.1) is 0 Å². The van der Waals surface area contributed by atoms with Gasteiger partial charge in [0.2, 0.25) is 5.91 Å². The van der Waals surface area contributed by atoms with Gasteiger partial charge in [0, 0.05) is 6.42 Å². The molecule has 3 unspecified atom stereocenters. The Morgan fingerprint density at radius 2 is 0.744 bits per heavy atom. The maximum atomic E-state index is 13.1. The molecule has 0 radical (unpaired) electrons. The zero-order valence-corrected chi connectivity index (χ0v) is 55.9. The number of likely N-dealkylation sites (N-methyl/N-ethyl adjacent to an activating group) is 1. The summed E-state index contributed by atoms with van der Waals surface area (Å²) in [6.45, 7) is 4.73. The van der Waals surface area contributed by atoms with E-state index in [-0.39, 0.29) is 19.1 Å². The Labute approximate surface area is 510 Å². The largest absolute Gasteiger partial charge is 0.472 e. The number of carbonyl (C=O) groups excluding carboxylic acids is 1. The van der Waals surface area contributed by atoms with Crippen LogP contribution in [0.25, 0.3) is 0 Å². The van der Waals surface area contributed by atoms with Crippen molar-refractivity contribution < 1.29 is 32.9 Å². The van der Waals surface area contributed by atoms with Crippen LogP contribution in [0.3, 0.4) is 0 Å². The number of hydrogen-bond donors (Lipinski definition) is 3. The number of phosphoric acid groups is 1. The number of allylic oxidation sites excluding steroid dienone is 11. The number of aliphatic hydroxyl groups is 1. The van der Waals surface area contributed by atoms with Crippen molar-refractivity contribution in [1.82, 2.24) is 5.32 Å². The molecule has 480 valence electrons. The smallest absolute Gasteiger partial charge is 0.387 e. The van der Waals surface area contributed by atoms with E-state index in [1.165, 1.54) is 250 Å². The van der Waals surface area contributed by atoms with Crippen LogP contribution < -0.4 is 5.32 Å². The lowest BCUT2D eigenvalue weighted by atomic mass is 10.0. The predicted octanol–water partition coefficient (Wildman–Crippen LogP) is 22.6. The molecular formula is C73H138N2O6P+. The van der Waals surface area contributed by atoms with Gasteiger partial charge >= 0.3 is 7.82 Å². The van der Waals surface area contributed by atoms with E-state index >= 15 is 0 Å². The van der Waals surface area contributed by atoms with E-state index < -0.39 is 20.0 Å². The number of unbranched alkanes of at least 4 members (excludes halogenated alkanes) is 42. The van der Waals surface area contributed by atoms with Crippen LogP contribution in [0.5, 0.6) is 0 Å². The maximum Gasteiger partial charge on any atom is 0.472 e. The minimum atomic E-state index is -4.36. The Bertz CT molecular complexity index is 1570. The molecule has 0 aromatic carbocycles. The summed E-state index contributed by atoms with van der Waals surface area (Å²) in [5.74, 6) is -0.182. The highest BCUT2D eigenvalue weighted by molar-refractivity contribution is 7.47. The molecule has 0 aliphatic carbocycles. The van der Waals surface area contributed by atoms with Crippen molar-refractivity contribution in [1.29, 1.82) is 0 Å². The van der Waals surface area contributed by atoms with Crippen LogP contribution >= 0.6 is 7.82 Å². The van der Waals surface area contributed by atoms with Crippen LogP contribution in [0.15, 0.2) is 72.9 Å². The van der Waals surface area contributed by atoms with Crippen LogP contribution in [0.4, 0.5) is 0 Å². The number of quaternary nitrogens is 1. The molecular weight excluding hydrogens is 1030 g/mol. The van der Waals surface area contributed by atoms with Crippen molar-refractivity contribution in [2.24, 2.45) is 0 Å². The highest BCUT2D eigenvalue weighted by atomic mass is 31.2. The lowest BCUT2D eigenvalue weighted by Gasteiger charge is -2.25. The molecule has 0 spiro atoms. The van der Waals surface area contributed by atoms with Gasteiger partial charge in [-0.1, -0.05) is 331 Å². The van der Waals surface area contributed by atoms with E-state index in [4.69, 9.17) is 9.05 Å². The van der Waals surface area contributed by atoms with E-state index in [9.17, 15) is 19.4 Å². The van der Waals surface area contributed by atoms with Crippen molar-refractivity contribution in [3.05, 3.63) is 72.9 Å². The van der Waals surface area contributed by atoms with Crippen LogP contribution in [-0.4, -0.2) is 73.4 Å². The first-order valence-electron chi connectivity index (χ1n) is 35.3. The average Bonchev–Trinajstić information content (AvgIpc) is 3.45. The molecule has 0 fully saturated rings. The molecule has 0 aliphatic heterocycles. The molecule has 0 bridgehead atoms. The molecule has 82 heavy (non-hydrogen) atoms. The molecule has 0 saturated heterocycles. The topological polar surface area (TPSA) is 105 Å². The number of phosphoric ester groups is 1. The Morgan fingerprint density at radius 3 is 1.12 bits per heavy atom. The van der Waals surface area contributed by atoms with Gasteiger partial charge in [-0.2, -0.15) is 0 Å². The second-order valence-corrected chi connectivity index (χ2v) is 26.7. The first-order chi connectivity index (χ1) is 40.0. The third kappa shape index (κ3) is 65.5. The number of aliphatic hydroxyl groups excluding tert-OH is 1. The fraction of sp³-hybridized carbons (Fsp3) is 0.822. The Kier molecular flexibility index (Phi) is 61.8. The summed E-state index contributed by atoms with van der Waals surface area (Å²) < 4.78 is 23.8. The molecule has 9 heteroatoms. The van der Waals surface area contributed by atoms with Gasteiger partial charge in [-0.3, -0.25) is 13.8 Å². The first kappa shape index (κ1) is 79.9. The molecule has 3 atom stereocenters. The van der Waals surface area contributed by atoms with Gasteiger partial charge in [-0.25, -0.2) is 4.57 Å². The number of nitrogens with zero attached hydrogens (tertiary/aromatic N) is 1. The van der Waals surface area contributed by atoms with E-state index in [0.717, 1.165) is 64.2 Å². The third-order valence-electron chi connectivity index (χ3n) is 15.9. The molecule has 0 heterocycles. The highest BCUT2D eigenvalue weighted by Crippen LogP contribution is 2.43. The second kappa shape index (κ2) is 63.4. The lowest BCUT2D eigenvalue weighted by Crippen LogP contribution is -2.45. The molecule has 0 aromatic rings. The summed E-state index contributed by atoms with van der Waals surface area (Å²) in [4.78, 5) is 23.4. The van der Waals surface area contributed by atoms with Crippen LogP contribution in [0, 0.1) is 0 Å². The summed E-state index contributed by atoms with van der Waals surface area (Å²) >= 11 is 0. The van der Waals surface area contributed by atoms with Gasteiger partial charge in [0.15, 0.2) is 0 Å². The van der Waals surface area contributed by atoms with Crippen molar-refractivity contribution in [2.75, 3.05) is 40.9 Å². The Morgan fingerprint density at radius 1 is 0.427 bits per heavy atom. The predicted molar refractivity (Wildman–Crippen MR) is 360 cm³/mol. The van der Waals surface area contributed by atoms with Gasteiger partial charge in [-0.05, 0) is 70.6 Å². The molecule has 0 aliphatic rings. The summed E-state index contributed by atoms with van der Waals surface area (Å²) in [6.07, 6.45) is 89.2. The van der Waals surface area contributed by atoms with Gasteiger partial charge in [0.1, 0.15) is 13.2 Å². The van der Waals surface area contributed by atoms with E-state index in [1.54, 1.807) is 6.08 Å². The van der Waals surface area contributed by atoms with E-state index in [1.807, 2.05) is 27.2 Å². The second-order valence-electron chi connectivity index (χ2n) is 25.2. The molecule has 0 aromatic heterocycles. The number of carbonyl (C=O) groups is 1. The monoisotopic (exact) mass is 1170 g/mol. The number of nitrogens with one attached hydrogen (secondary N) is 1. The van der Waals surface area contributed by atoms with Crippen molar-refractivity contribution in [2.45, 2.75) is 347 Å². The van der Waals surface area contributed by atoms with Crippen LogP contribution in [0.1, 0.15) is 335 Å². The Balaban J connectivity index is 4.04. The fourth-order valence-electron chi connectivity index (χ4n) is 10.5. The van der Waals surface area contributed by atoms with Crippen molar-refractivity contribution in [3.8, 4) is 0 Å². The molecule has 0 rings (SSSR count). The standard InChI is InChI=1S/C73H137N2O6P/c1-6-8-10-12-14-16-18-20-22-24-26-28-30-32-33-34-35-36-37-38-39-40-41-43-45-47-49-51-53-55-57-59-61-63-65-67-73(77)74-71(70-81-82(78,79)80-69-68-75(3,4)5)72(76)66-64-62-60-58-56-54-52-50-48-46-44-42-31-29-27-25-23-21-19-17-15-13-11-9-7-2/h8,10,14,16,20,22,26,28,56,58,64,66,71-72,76H,6-7,9,11-13,15,17-19,21,23-25,27,29-55,57,59-63,65,67-70H2,1-5H3,(H-,74,77,78,79)/p+1/b10-8-,16-14-,22-20-,28-26-,58-56+,66-64+. The lowest BCUT2D eigenvalue weighted by molar-refractivity contribution is -0.870. The molecule has 1 amide bonds.